The normalized spacial score (nSPS) is 20.1. The van der Waals surface area contributed by atoms with E-state index in [1.165, 1.54) is 12.1 Å². The lowest BCUT2D eigenvalue weighted by atomic mass is 10.1. The number of aromatic hydroxyl groups is 1. The fraction of sp³-hybridized carbons (Fsp3) is 0.538. The van der Waals surface area contributed by atoms with Crippen molar-refractivity contribution in [3.05, 3.63) is 23.8 Å². The molecule has 0 aliphatic carbocycles. The van der Waals surface area contributed by atoms with Gasteiger partial charge in [-0.2, -0.15) is 0 Å². The molecule has 1 aliphatic rings. The van der Waals surface area contributed by atoms with E-state index < -0.39 is 5.92 Å². The highest BCUT2D eigenvalue weighted by atomic mass is 19.3. The molecule has 1 aromatic carbocycles. The average Bonchev–Trinajstić information content (AvgIpc) is 2.79. The molecule has 5 heteroatoms. The van der Waals surface area contributed by atoms with Gasteiger partial charge in [0.2, 0.25) is 0 Å². The molecule has 1 unspecified atom stereocenters. The van der Waals surface area contributed by atoms with Crippen LogP contribution in [-0.4, -0.2) is 24.2 Å². The molecule has 0 spiro atoms. The molecule has 1 atom stereocenters. The third-order valence-corrected chi connectivity index (χ3v) is 3.21. The van der Waals surface area contributed by atoms with Crippen molar-refractivity contribution in [1.29, 1.82) is 0 Å². The van der Waals surface area contributed by atoms with Crippen LogP contribution in [-0.2, 0) is 5.92 Å². The molecule has 1 heterocycles. The summed E-state index contributed by atoms with van der Waals surface area (Å²) < 4.78 is 26.1. The summed E-state index contributed by atoms with van der Waals surface area (Å²) in [6.45, 7) is 2.52. The van der Waals surface area contributed by atoms with Crippen molar-refractivity contribution in [3.63, 3.8) is 0 Å². The van der Waals surface area contributed by atoms with Gasteiger partial charge in [0.1, 0.15) is 5.75 Å². The molecule has 1 fully saturated rings. The maximum Gasteiger partial charge on any atom is 0.270 e. The lowest BCUT2D eigenvalue weighted by Crippen LogP contribution is -2.29. The monoisotopic (exact) mass is 256 g/mol. The van der Waals surface area contributed by atoms with Crippen LogP contribution in [0, 0.1) is 0 Å². The Morgan fingerprint density at radius 1 is 1.50 bits per heavy atom. The predicted molar refractivity (Wildman–Crippen MR) is 67.2 cm³/mol. The number of nitrogens with one attached hydrogen (secondary N) is 2. The fourth-order valence-electron chi connectivity index (χ4n) is 2.12. The summed E-state index contributed by atoms with van der Waals surface area (Å²) in [5, 5.41) is 16.1. The van der Waals surface area contributed by atoms with Crippen molar-refractivity contribution in [1.82, 2.24) is 5.32 Å². The predicted octanol–water partition coefficient (Wildman–Crippen LogP) is 2.67. The van der Waals surface area contributed by atoms with Crippen LogP contribution in [0.4, 0.5) is 14.5 Å². The van der Waals surface area contributed by atoms with Crippen molar-refractivity contribution < 1.29 is 13.9 Å². The SMILES string of the molecule is CC(F)(F)c1ccc(NCC2CCCN2)c(O)c1. The Balaban J connectivity index is 2.01. The molecule has 0 saturated carbocycles. The molecule has 1 aliphatic heterocycles. The summed E-state index contributed by atoms with van der Waals surface area (Å²) in [4.78, 5) is 0. The quantitative estimate of drug-likeness (QED) is 0.726. The number of phenolic OH excluding ortho intramolecular Hbond substituents is 1. The van der Waals surface area contributed by atoms with Crippen molar-refractivity contribution in [3.8, 4) is 5.75 Å². The zero-order chi connectivity index (χ0) is 13.2. The average molecular weight is 256 g/mol. The number of benzene rings is 1. The van der Waals surface area contributed by atoms with Crippen molar-refractivity contribution >= 4 is 5.69 Å². The highest BCUT2D eigenvalue weighted by Gasteiger charge is 2.25. The number of halogens is 2. The first kappa shape index (κ1) is 13.1. The number of phenols is 1. The first-order valence-corrected chi connectivity index (χ1v) is 6.15. The molecule has 0 aromatic heterocycles. The van der Waals surface area contributed by atoms with Crippen LogP contribution < -0.4 is 10.6 Å². The van der Waals surface area contributed by atoms with Gasteiger partial charge in [-0.3, -0.25) is 0 Å². The summed E-state index contributed by atoms with van der Waals surface area (Å²) in [5.41, 5.74) is 0.321. The van der Waals surface area contributed by atoms with Crippen LogP contribution in [0.3, 0.4) is 0 Å². The summed E-state index contributed by atoms with van der Waals surface area (Å²) in [5.74, 6) is -3.06. The number of hydrogen-bond acceptors (Lipinski definition) is 3. The molecule has 100 valence electrons. The third-order valence-electron chi connectivity index (χ3n) is 3.21. The van der Waals surface area contributed by atoms with E-state index in [4.69, 9.17) is 0 Å². The largest absolute Gasteiger partial charge is 0.506 e. The molecule has 0 bridgehead atoms. The molecule has 0 radical (unpaired) electrons. The molecular weight excluding hydrogens is 238 g/mol. The second-order valence-electron chi connectivity index (χ2n) is 4.79. The topological polar surface area (TPSA) is 44.3 Å². The molecule has 18 heavy (non-hydrogen) atoms. The molecule has 1 aromatic rings. The maximum absolute atomic E-state index is 13.1. The summed E-state index contributed by atoms with van der Waals surface area (Å²) >= 11 is 0. The number of anilines is 1. The Kier molecular flexibility index (Phi) is 3.71. The zero-order valence-corrected chi connectivity index (χ0v) is 10.3. The van der Waals surface area contributed by atoms with Gasteiger partial charge in [-0.05, 0) is 31.5 Å². The summed E-state index contributed by atoms with van der Waals surface area (Å²) in [6.07, 6.45) is 2.25. The van der Waals surface area contributed by atoms with E-state index in [1.54, 1.807) is 0 Å². The molecule has 3 N–H and O–H groups in total. The van der Waals surface area contributed by atoms with Gasteiger partial charge in [-0.25, -0.2) is 8.78 Å². The molecule has 2 rings (SSSR count). The summed E-state index contributed by atoms with van der Waals surface area (Å²) in [7, 11) is 0. The van der Waals surface area contributed by atoms with Crippen molar-refractivity contribution in [2.45, 2.75) is 31.7 Å². The van der Waals surface area contributed by atoms with Crippen LogP contribution in [0.5, 0.6) is 5.75 Å². The molecular formula is C13H18F2N2O. The maximum atomic E-state index is 13.1. The Morgan fingerprint density at radius 3 is 2.83 bits per heavy atom. The third kappa shape index (κ3) is 3.10. The number of hydrogen-bond donors (Lipinski definition) is 3. The van der Waals surface area contributed by atoms with E-state index >= 15 is 0 Å². The molecule has 1 saturated heterocycles. The number of rotatable bonds is 4. The van der Waals surface area contributed by atoms with E-state index in [-0.39, 0.29) is 11.3 Å². The minimum atomic E-state index is -2.93. The van der Waals surface area contributed by atoms with Crippen LogP contribution in [0.25, 0.3) is 0 Å². The van der Waals surface area contributed by atoms with Gasteiger partial charge in [-0.15, -0.1) is 0 Å². The summed E-state index contributed by atoms with van der Waals surface area (Å²) in [6, 6.07) is 4.34. The molecule has 3 nitrogen and oxygen atoms in total. The van der Waals surface area contributed by atoms with Crippen molar-refractivity contribution in [2.75, 3.05) is 18.4 Å². The van der Waals surface area contributed by atoms with Gasteiger partial charge >= 0.3 is 0 Å². The van der Waals surface area contributed by atoms with Crippen LogP contribution in [0.2, 0.25) is 0 Å². The van der Waals surface area contributed by atoms with E-state index in [1.807, 2.05) is 0 Å². The van der Waals surface area contributed by atoms with E-state index in [2.05, 4.69) is 10.6 Å². The first-order valence-electron chi connectivity index (χ1n) is 6.15. The van der Waals surface area contributed by atoms with E-state index in [0.717, 1.165) is 32.4 Å². The highest BCUT2D eigenvalue weighted by Crippen LogP contribution is 2.33. The van der Waals surface area contributed by atoms with Gasteiger partial charge in [0.05, 0.1) is 5.69 Å². The first-order chi connectivity index (χ1) is 8.47. The fourth-order valence-corrected chi connectivity index (χ4v) is 2.12. The Bertz CT molecular complexity index is 412. The Hall–Kier alpha value is -1.36. The lowest BCUT2D eigenvalue weighted by Gasteiger charge is -2.16. The van der Waals surface area contributed by atoms with Gasteiger partial charge in [-0.1, -0.05) is 6.07 Å². The minimum Gasteiger partial charge on any atom is -0.506 e. The van der Waals surface area contributed by atoms with Gasteiger partial charge < -0.3 is 15.7 Å². The second kappa shape index (κ2) is 5.10. The Labute approximate surface area is 105 Å². The van der Waals surface area contributed by atoms with E-state index in [9.17, 15) is 13.9 Å². The Morgan fingerprint density at radius 2 is 2.28 bits per heavy atom. The van der Waals surface area contributed by atoms with E-state index in [0.29, 0.717) is 18.3 Å². The standard InChI is InChI=1S/C13H18F2N2O/c1-13(14,15)9-4-5-11(12(18)7-9)17-8-10-3-2-6-16-10/h4-5,7,10,16-18H,2-3,6,8H2,1H3. The number of alkyl halides is 2. The molecule has 0 amide bonds. The van der Waals surface area contributed by atoms with Crippen LogP contribution in [0.1, 0.15) is 25.3 Å². The van der Waals surface area contributed by atoms with Gasteiger partial charge in [0.15, 0.2) is 0 Å². The van der Waals surface area contributed by atoms with Crippen molar-refractivity contribution in [2.24, 2.45) is 0 Å². The lowest BCUT2D eigenvalue weighted by molar-refractivity contribution is 0.0173. The zero-order valence-electron chi connectivity index (χ0n) is 10.3. The minimum absolute atomic E-state index is 0.132. The van der Waals surface area contributed by atoms with Gasteiger partial charge in [0, 0.05) is 25.1 Å². The van der Waals surface area contributed by atoms with Crippen LogP contribution in [0.15, 0.2) is 18.2 Å². The highest BCUT2D eigenvalue weighted by molar-refractivity contribution is 5.57. The second-order valence-corrected chi connectivity index (χ2v) is 4.79. The van der Waals surface area contributed by atoms with Crippen LogP contribution >= 0.6 is 0 Å². The smallest absolute Gasteiger partial charge is 0.270 e. The van der Waals surface area contributed by atoms with Gasteiger partial charge in [0.25, 0.3) is 5.92 Å².